The van der Waals surface area contributed by atoms with Crippen LogP contribution in [0.25, 0.3) is 10.2 Å². The van der Waals surface area contributed by atoms with E-state index in [2.05, 4.69) is 22.7 Å². The molecule has 1 heterocycles. The topological polar surface area (TPSA) is 52.8 Å². The molecule has 0 aliphatic rings. The number of rotatable bonds is 8. The summed E-state index contributed by atoms with van der Waals surface area (Å²) in [6, 6.07) is 11.5. The van der Waals surface area contributed by atoms with E-state index in [4.69, 9.17) is 9.47 Å². The molecule has 3 rings (SSSR count). The number of thiazole rings is 1. The van der Waals surface area contributed by atoms with Crippen LogP contribution in [-0.4, -0.2) is 42.5 Å². The Labute approximate surface area is 183 Å². The predicted molar refractivity (Wildman–Crippen MR) is 124 cm³/mol. The SMILES string of the molecule is CCSc1ccc(C(=O)N=c2sc3cc(OC)c(OC)cc3n2CCSC)cc1. The highest BCUT2D eigenvalue weighted by atomic mass is 32.2. The fourth-order valence-corrected chi connectivity index (χ4v) is 4.98. The lowest BCUT2D eigenvalue weighted by atomic mass is 10.2. The largest absolute Gasteiger partial charge is 0.493 e. The number of methoxy groups -OCH3 is 2. The summed E-state index contributed by atoms with van der Waals surface area (Å²) < 4.78 is 14.0. The quantitative estimate of drug-likeness (QED) is 0.457. The van der Waals surface area contributed by atoms with E-state index in [9.17, 15) is 4.79 Å². The number of amides is 1. The number of aryl methyl sites for hydroxylation is 1. The molecule has 3 aromatic rings. The van der Waals surface area contributed by atoms with Gasteiger partial charge in [-0.1, -0.05) is 18.3 Å². The number of hydrogen-bond donors (Lipinski definition) is 0. The maximum absolute atomic E-state index is 12.8. The number of hydrogen-bond acceptors (Lipinski definition) is 6. The standard InChI is InChI=1S/C21H24N2O3S3/c1-5-28-15-8-6-14(7-9-15)20(24)22-21-23(10-11-27-4)16-12-17(25-2)18(26-3)13-19(16)29-21/h6-9,12-13H,5,10-11H2,1-4H3. The van der Waals surface area contributed by atoms with Gasteiger partial charge in [-0.15, -0.1) is 11.8 Å². The molecule has 0 saturated heterocycles. The Morgan fingerprint density at radius 2 is 1.83 bits per heavy atom. The first-order valence-electron chi connectivity index (χ1n) is 9.17. The zero-order valence-electron chi connectivity index (χ0n) is 16.9. The first kappa shape index (κ1) is 21.8. The van der Waals surface area contributed by atoms with Gasteiger partial charge in [0.05, 0.1) is 24.4 Å². The van der Waals surface area contributed by atoms with E-state index in [0.717, 1.165) is 33.2 Å². The molecule has 1 amide bonds. The van der Waals surface area contributed by atoms with Gasteiger partial charge in [-0.3, -0.25) is 4.79 Å². The van der Waals surface area contributed by atoms with Crippen molar-refractivity contribution in [3.63, 3.8) is 0 Å². The minimum absolute atomic E-state index is 0.235. The van der Waals surface area contributed by atoms with Gasteiger partial charge in [0.15, 0.2) is 16.3 Å². The van der Waals surface area contributed by atoms with Crippen LogP contribution in [0.5, 0.6) is 11.5 Å². The lowest BCUT2D eigenvalue weighted by Crippen LogP contribution is -2.18. The summed E-state index contributed by atoms with van der Waals surface area (Å²) in [6.45, 7) is 2.87. The Bertz CT molecular complexity index is 1060. The molecule has 1 aromatic heterocycles. The van der Waals surface area contributed by atoms with Crippen LogP contribution in [0.1, 0.15) is 17.3 Å². The molecule has 0 N–H and O–H groups in total. The van der Waals surface area contributed by atoms with Crippen molar-refractivity contribution < 1.29 is 14.3 Å². The number of carbonyl (C=O) groups is 1. The maximum Gasteiger partial charge on any atom is 0.279 e. The summed E-state index contributed by atoms with van der Waals surface area (Å²) in [6.07, 6.45) is 2.07. The van der Waals surface area contributed by atoms with Crippen LogP contribution in [0.2, 0.25) is 0 Å². The molecule has 0 radical (unpaired) electrons. The van der Waals surface area contributed by atoms with Crippen molar-refractivity contribution in [3.8, 4) is 11.5 Å². The van der Waals surface area contributed by atoms with Crippen molar-refractivity contribution in [3.05, 3.63) is 46.8 Å². The van der Waals surface area contributed by atoms with Crippen LogP contribution in [-0.2, 0) is 6.54 Å². The van der Waals surface area contributed by atoms with Gasteiger partial charge in [-0.05, 0) is 36.3 Å². The van der Waals surface area contributed by atoms with Crippen LogP contribution >= 0.6 is 34.9 Å². The van der Waals surface area contributed by atoms with Gasteiger partial charge in [0.1, 0.15) is 0 Å². The molecule has 0 spiro atoms. The first-order chi connectivity index (χ1) is 14.1. The Hall–Kier alpha value is -1.90. The number of aromatic nitrogens is 1. The highest BCUT2D eigenvalue weighted by Crippen LogP contribution is 2.33. The van der Waals surface area contributed by atoms with Gasteiger partial charge >= 0.3 is 0 Å². The van der Waals surface area contributed by atoms with E-state index in [1.54, 1.807) is 37.7 Å². The second-order valence-corrected chi connectivity index (χ2v) is 9.41. The molecule has 0 unspecified atom stereocenters. The highest BCUT2D eigenvalue weighted by Gasteiger charge is 2.14. The number of nitrogens with zero attached hydrogens (tertiary/aromatic N) is 2. The highest BCUT2D eigenvalue weighted by molar-refractivity contribution is 7.99. The first-order valence-corrected chi connectivity index (χ1v) is 12.4. The fourth-order valence-electron chi connectivity index (χ4n) is 2.89. The van der Waals surface area contributed by atoms with Gasteiger partial charge < -0.3 is 14.0 Å². The van der Waals surface area contributed by atoms with Gasteiger partial charge in [0.25, 0.3) is 5.91 Å². The van der Waals surface area contributed by atoms with Gasteiger partial charge in [0, 0.05) is 34.9 Å². The zero-order valence-corrected chi connectivity index (χ0v) is 19.4. The molecule has 0 aliphatic carbocycles. The molecule has 0 fully saturated rings. The minimum Gasteiger partial charge on any atom is -0.493 e. The van der Waals surface area contributed by atoms with E-state index >= 15 is 0 Å². The number of thioether (sulfide) groups is 2. The van der Waals surface area contributed by atoms with E-state index in [1.807, 2.05) is 36.4 Å². The van der Waals surface area contributed by atoms with Crippen molar-refractivity contribution in [2.75, 3.05) is 32.0 Å². The molecule has 2 aromatic carbocycles. The average molecular weight is 449 g/mol. The zero-order chi connectivity index (χ0) is 20.8. The summed E-state index contributed by atoms with van der Waals surface area (Å²) in [5, 5.41) is 0. The molecular formula is C21H24N2O3S3. The smallest absolute Gasteiger partial charge is 0.279 e. The average Bonchev–Trinajstić information content (AvgIpc) is 3.07. The minimum atomic E-state index is -0.235. The van der Waals surface area contributed by atoms with Gasteiger partial charge in [-0.25, -0.2) is 0 Å². The van der Waals surface area contributed by atoms with Crippen molar-refractivity contribution in [2.45, 2.75) is 18.4 Å². The van der Waals surface area contributed by atoms with Crippen molar-refractivity contribution in [1.82, 2.24) is 4.57 Å². The number of ether oxygens (including phenoxy) is 2. The van der Waals surface area contributed by atoms with E-state index in [1.165, 1.54) is 11.3 Å². The number of fused-ring (bicyclic) bond motifs is 1. The van der Waals surface area contributed by atoms with E-state index in [0.29, 0.717) is 21.9 Å². The molecule has 5 nitrogen and oxygen atoms in total. The van der Waals surface area contributed by atoms with Crippen LogP contribution < -0.4 is 14.3 Å². The fraction of sp³-hybridized carbons (Fsp3) is 0.333. The molecule has 0 saturated carbocycles. The summed E-state index contributed by atoms with van der Waals surface area (Å²) in [5.41, 5.74) is 1.58. The van der Waals surface area contributed by atoms with E-state index in [-0.39, 0.29) is 5.91 Å². The molecule has 29 heavy (non-hydrogen) atoms. The van der Waals surface area contributed by atoms with Gasteiger partial charge in [0.2, 0.25) is 0 Å². The number of carbonyl (C=O) groups excluding carboxylic acids is 1. The molecule has 0 bridgehead atoms. The summed E-state index contributed by atoms with van der Waals surface area (Å²) in [4.78, 5) is 19.1. The second-order valence-electron chi connectivity index (χ2n) is 6.08. The van der Waals surface area contributed by atoms with Crippen LogP contribution in [0.4, 0.5) is 0 Å². The number of benzene rings is 2. The van der Waals surface area contributed by atoms with Crippen LogP contribution in [0.3, 0.4) is 0 Å². The Morgan fingerprint density at radius 3 is 2.45 bits per heavy atom. The Balaban J connectivity index is 2.07. The molecule has 0 aliphatic heterocycles. The Kier molecular flexibility index (Phi) is 7.69. The second kappa shape index (κ2) is 10.2. The molecule has 154 valence electrons. The lowest BCUT2D eigenvalue weighted by Gasteiger charge is -2.09. The Morgan fingerprint density at radius 1 is 1.14 bits per heavy atom. The van der Waals surface area contributed by atoms with E-state index < -0.39 is 0 Å². The summed E-state index contributed by atoms with van der Waals surface area (Å²) >= 11 is 4.99. The summed E-state index contributed by atoms with van der Waals surface area (Å²) in [7, 11) is 3.24. The third-order valence-electron chi connectivity index (χ3n) is 4.32. The maximum atomic E-state index is 12.8. The van der Waals surface area contributed by atoms with Crippen LogP contribution in [0.15, 0.2) is 46.3 Å². The summed E-state index contributed by atoms with van der Waals surface area (Å²) in [5.74, 6) is 3.02. The normalized spacial score (nSPS) is 11.8. The molecular weight excluding hydrogens is 424 g/mol. The monoisotopic (exact) mass is 448 g/mol. The van der Waals surface area contributed by atoms with Gasteiger partial charge in [-0.2, -0.15) is 16.8 Å². The van der Waals surface area contributed by atoms with Crippen molar-refractivity contribution in [2.24, 2.45) is 4.99 Å². The molecule has 8 heteroatoms. The predicted octanol–water partition coefficient (Wildman–Crippen LogP) is 4.94. The van der Waals surface area contributed by atoms with Crippen molar-refractivity contribution >= 4 is 51.0 Å². The lowest BCUT2D eigenvalue weighted by molar-refractivity contribution is 0.0998. The third kappa shape index (κ3) is 4.99. The van der Waals surface area contributed by atoms with Crippen LogP contribution in [0, 0.1) is 0 Å². The third-order valence-corrected chi connectivity index (χ3v) is 6.84. The van der Waals surface area contributed by atoms with Crippen molar-refractivity contribution in [1.29, 1.82) is 0 Å². The molecule has 0 atom stereocenters.